The van der Waals surface area contributed by atoms with Crippen LogP contribution in [0.2, 0.25) is 0 Å². The van der Waals surface area contributed by atoms with Crippen LogP contribution in [0.1, 0.15) is 47.8 Å². The van der Waals surface area contributed by atoms with E-state index in [1.54, 1.807) is 6.92 Å². The van der Waals surface area contributed by atoms with E-state index in [0.29, 0.717) is 10.6 Å². The fourth-order valence-electron chi connectivity index (χ4n) is 3.56. The molecule has 1 aromatic carbocycles. The lowest BCUT2D eigenvalue weighted by atomic mass is 10.0. The highest BCUT2D eigenvalue weighted by Gasteiger charge is 2.27. The van der Waals surface area contributed by atoms with E-state index in [-0.39, 0.29) is 25.1 Å². The monoisotopic (exact) mass is 415 g/mol. The van der Waals surface area contributed by atoms with Gasteiger partial charge in [-0.3, -0.25) is 9.59 Å². The van der Waals surface area contributed by atoms with E-state index in [0.717, 1.165) is 41.7 Å². The highest BCUT2D eigenvalue weighted by Crippen LogP contribution is 2.40. The number of nitrogens with one attached hydrogen (secondary N) is 1. The van der Waals surface area contributed by atoms with Gasteiger partial charge in [-0.25, -0.2) is 4.79 Å². The SMILES string of the molecule is CCOC(=O)c1c(NC(=O)COC(=O)C2CCCC2)sc(C)c1-c1ccccc1. The van der Waals surface area contributed by atoms with Crippen LogP contribution in [-0.4, -0.2) is 31.1 Å². The predicted molar refractivity (Wildman–Crippen MR) is 112 cm³/mol. The first kappa shape index (κ1) is 21.0. The molecule has 0 atom stereocenters. The van der Waals surface area contributed by atoms with Crippen LogP contribution in [0.25, 0.3) is 11.1 Å². The quantitative estimate of drug-likeness (QED) is 0.670. The molecule has 1 saturated carbocycles. The van der Waals surface area contributed by atoms with Crippen LogP contribution in [0.15, 0.2) is 30.3 Å². The van der Waals surface area contributed by atoms with E-state index in [1.165, 1.54) is 11.3 Å². The van der Waals surface area contributed by atoms with Crippen LogP contribution in [0.3, 0.4) is 0 Å². The number of anilines is 1. The fraction of sp³-hybridized carbons (Fsp3) is 0.409. The topological polar surface area (TPSA) is 81.7 Å². The zero-order valence-corrected chi connectivity index (χ0v) is 17.5. The zero-order valence-electron chi connectivity index (χ0n) is 16.7. The van der Waals surface area contributed by atoms with Gasteiger partial charge in [0.05, 0.1) is 12.5 Å². The fourth-order valence-corrected chi connectivity index (χ4v) is 4.64. The predicted octanol–water partition coefficient (Wildman–Crippen LogP) is 4.57. The first-order valence-corrected chi connectivity index (χ1v) is 10.6. The van der Waals surface area contributed by atoms with Crippen LogP contribution in [0.5, 0.6) is 0 Å². The number of aryl methyl sites for hydroxylation is 1. The van der Waals surface area contributed by atoms with Crippen LogP contribution in [0, 0.1) is 12.8 Å². The van der Waals surface area contributed by atoms with Crippen molar-refractivity contribution in [3.63, 3.8) is 0 Å². The van der Waals surface area contributed by atoms with E-state index in [1.807, 2.05) is 37.3 Å². The maximum absolute atomic E-state index is 12.6. The van der Waals surface area contributed by atoms with Gasteiger partial charge in [0.1, 0.15) is 10.6 Å². The molecule has 1 fully saturated rings. The molecule has 6 nitrogen and oxygen atoms in total. The second-order valence-corrected chi connectivity index (χ2v) is 8.19. The molecule has 1 aliphatic carbocycles. The normalized spacial score (nSPS) is 13.9. The Hall–Kier alpha value is -2.67. The van der Waals surface area contributed by atoms with Gasteiger partial charge in [-0.2, -0.15) is 0 Å². The van der Waals surface area contributed by atoms with Gasteiger partial charge in [-0.05, 0) is 32.3 Å². The molecule has 0 bridgehead atoms. The molecule has 1 amide bonds. The molecule has 0 spiro atoms. The first-order chi connectivity index (χ1) is 14.0. The molecule has 1 aromatic heterocycles. The van der Waals surface area contributed by atoms with Crippen molar-refractivity contribution < 1.29 is 23.9 Å². The third kappa shape index (κ3) is 5.03. The average Bonchev–Trinajstić information content (AvgIpc) is 3.35. The number of benzene rings is 1. The number of carbonyl (C=O) groups excluding carboxylic acids is 3. The zero-order chi connectivity index (χ0) is 20.8. The van der Waals surface area contributed by atoms with E-state index in [4.69, 9.17) is 9.47 Å². The number of hydrogen-bond acceptors (Lipinski definition) is 6. The van der Waals surface area contributed by atoms with Gasteiger partial charge >= 0.3 is 11.9 Å². The Morgan fingerprint density at radius 1 is 1.10 bits per heavy atom. The molecule has 3 rings (SSSR count). The van der Waals surface area contributed by atoms with Gasteiger partial charge in [0.25, 0.3) is 5.91 Å². The van der Waals surface area contributed by atoms with Crippen molar-refractivity contribution in [2.45, 2.75) is 39.5 Å². The molecule has 2 aromatic rings. The lowest BCUT2D eigenvalue weighted by molar-refractivity contribution is -0.151. The molecular formula is C22H25NO5S. The third-order valence-corrected chi connectivity index (χ3v) is 5.93. The van der Waals surface area contributed by atoms with Crippen LogP contribution >= 0.6 is 11.3 Å². The molecule has 1 N–H and O–H groups in total. The van der Waals surface area contributed by atoms with Gasteiger partial charge in [0.2, 0.25) is 0 Å². The van der Waals surface area contributed by atoms with Crippen molar-refractivity contribution in [1.82, 2.24) is 0 Å². The second-order valence-electron chi connectivity index (χ2n) is 6.96. The summed E-state index contributed by atoms with van der Waals surface area (Å²) in [5.74, 6) is -1.39. The summed E-state index contributed by atoms with van der Waals surface area (Å²) in [5.41, 5.74) is 1.95. The smallest absolute Gasteiger partial charge is 0.341 e. The largest absolute Gasteiger partial charge is 0.462 e. The summed E-state index contributed by atoms with van der Waals surface area (Å²) >= 11 is 1.30. The van der Waals surface area contributed by atoms with Crippen molar-refractivity contribution in [3.05, 3.63) is 40.8 Å². The van der Waals surface area contributed by atoms with E-state index in [9.17, 15) is 14.4 Å². The van der Waals surface area contributed by atoms with Crippen molar-refractivity contribution in [2.75, 3.05) is 18.5 Å². The minimum atomic E-state index is -0.492. The number of thiophene rings is 1. The summed E-state index contributed by atoms with van der Waals surface area (Å²) in [6.45, 7) is 3.50. The van der Waals surface area contributed by atoms with Crippen LogP contribution in [-0.2, 0) is 19.1 Å². The van der Waals surface area contributed by atoms with Gasteiger partial charge in [-0.1, -0.05) is 43.2 Å². The number of hydrogen-bond donors (Lipinski definition) is 1. The summed E-state index contributed by atoms with van der Waals surface area (Å²) < 4.78 is 10.4. The molecule has 7 heteroatoms. The van der Waals surface area contributed by atoms with Crippen molar-refractivity contribution in [3.8, 4) is 11.1 Å². The average molecular weight is 416 g/mol. The van der Waals surface area contributed by atoms with E-state index < -0.39 is 11.9 Å². The number of esters is 2. The van der Waals surface area contributed by atoms with Gasteiger partial charge in [0.15, 0.2) is 6.61 Å². The number of rotatable bonds is 7. The Labute approximate surface area is 174 Å². The highest BCUT2D eigenvalue weighted by atomic mass is 32.1. The molecule has 0 unspecified atom stereocenters. The maximum Gasteiger partial charge on any atom is 0.341 e. The second kappa shape index (κ2) is 9.69. The minimum Gasteiger partial charge on any atom is -0.462 e. The summed E-state index contributed by atoms with van der Waals surface area (Å²) in [6, 6.07) is 9.50. The van der Waals surface area contributed by atoms with Crippen molar-refractivity contribution in [2.24, 2.45) is 5.92 Å². The van der Waals surface area contributed by atoms with Crippen LogP contribution in [0.4, 0.5) is 5.00 Å². The summed E-state index contributed by atoms with van der Waals surface area (Å²) in [5, 5.41) is 3.13. The lowest BCUT2D eigenvalue weighted by Crippen LogP contribution is -2.24. The Morgan fingerprint density at radius 2 is 1.79 bits per heavy atom. The Morgan fingerprint density at radius 3 is 2.45 bits per heavy atom. The summed E-state index contributed by atoms with van der Waals surface area (Å²) in [4.78, 5) is 37.9. The summed E-state index contributed by atoms with van der Waals surface area (Å²) in [7, 11) is 0. The number of amides is 1. The van der Waals surface area contributed by atoms with Gasteiger partial charge in [-0.15, -0.1) is 11.3 Å². The standard InChI is InChI=1S/C22H25NO5S/c1-3-27-22(26)19-18(15-9-5-4-6-10-15)14(2)29-20(19)23-17(24)13-28-21(25)16-11-7-8-12-16/h4-6,9-10,16H,3,7-8,11-13H2,1-2H3,(H,23,24). The first-order valence-electron chi connectivity index (χ1n) is 9.83. The number of carbonyl (C=O) groups is 3. The van der Waals surface area contributed by atoms with E-state index in [2.05, 4.69) is 5.32 Å². The Bertz CT molecular complexity index is 884. The molecule has 1 aliphatic rings. The van der Waals surface area contributed by atoms with Gasteiger partial charge < -0.3 is 14.8 Å². The van der Waals surface area contributed by atoms with E-state index >= 15 is 0 Å². The minimum absolute atomic E-state index is 0.105. The Kier molecular flexibility index (Phi) is 7.04. The lowest BCUT2D eigenvalue weighted by Gasteiger charge is -2.11. The van der Waals surface area contributed by atoms with Crippen LogP contribution < -0.4 is 5.32 Å². The van der Waals surface area contributed by atoms with Gasteiger partial charge in [0, 0.05) is 10.4 Å². The Balaban J connectivity index is 1.78. The highest BCUT2D eigenvalue weighted by molar-refractivity contribution is 7.17. The molecule has 0 aliphatic heterocycles. The van der Waals surface area contributed by atoms with Crippen molar-refractivity contribution in [1.29, 1.82) is 0 Å². The summed E-state index contributed by atoms with van der Waals surface area (Å²) in [6.07, 6.45) is 3.67. The van der Waals surface area contributed by atoms with Crippen molar-refractivity contribution >= 4 is 34.2 Å². The molecule has 154 valence electrons. The molecule has 1 heterocycles. The number of ether oxygens (including phenoxy) is 2. The third-order valence-electron chi connectivity index (χ3n) is 4.91. The molecule has 0 radical (unpaired) electrons. The molecular weight excluding hydrogens is 390 g/mol. The molecule has 0 saturated heterocycles. The maximum atomic E-state index is 12.6. The molecule has 29 heavy (non-hydrogen) atoms.